The van der Waals surface area contributed by atoms with Crippen LogP contribution in [0.5, 0.6) is 0 Å². The Morgan fingerprint density at radius 2 is 2.00 bits per heavy atom. The molecular formula is C13H17NO5. The Labute approximate surface area is 111 Å². The first-order valence-electron chi connectivity index (χ1n) is 6.02. The minimum Gasteiger partial charge on any atom is -0.469 e. The summed E-state index contributed by atoms with van der Waals surface area (Å²) in [6, 6.07) is -0.338. The molecule has 1 heterocycles. The molecule has 0 aromatic rings. The average Bonchev–Trinajstić information content (AvgIpc) is 3.03. The predicted molar refractivity (Wildman–Crippen MR) is 65.8 cm³/mol. The molecule has 0 aromatic heterocycles. The van der Waals surface area contributed by atoms with E-state index < -0.39 is 24.0 Å². The number of rotatable bonds is 3. The van der Waals surface area contributed by atoms with Crippen LogP contribution in [-0.4, -0.2) is 50.4 Å². The minimum atomic E-state index is -0.970. The van der Waals surface area contributed by atoms with Gasteiger partial charge in [0.05, 0.1) is 20.3 Å². The zero-order valence-electron chi connectivity index (χ0n) is 11.2. The van der Waals surface area contributed by atoms with Crippen molar-refractivity contribution in [2.24, 2.45) is 5.92 Å². The quantitative estimate of drug-likeness (QED) is 0.692. The van der Waals surface area contributed by atoms with E-state index >= 15 is 0 Å². The van der Waals surface area contributed by atoms with E-state index in [1.165, 1.54) is 19.3 Å². The second-order valence-electron chi connectivity index (χ2n) is 4.43. The van der Waals surface area contributed by atoms with Crippen LogP contribution in [0.3, 0.4) is 0 Å². The molecule has 3 atom stereocenters. The molecular weight excluding hydrogens is 250 g/mol. The van der Waals surface area contributed by atoms with Gasteiger partial charge in [0.2, 0.25) is 0 Å². The van der Waals surface area contributed by atoms with Gasteiger partial charge in [-0.2, -0.15) is 5.06 Å². The summed E-state index contributed by atoms with van der Waals surface area (Å²) in [5.74, 6) is -1.78. The van der Waals surface area contributed by atoms with E-state index in [1.54, 1.807) is 7.05 Å². The zero-order valence-corrected chi connectivity index (χ0v) is 11.2. The van der Waals surface area contributed by atoms with Crippen molar-refractivity contribution in [2.45, 2.75) is 18.6 Å². The monoisotopic (exact) mass is 267 g/mol. The van der Waals surface area contributed by atoms with Gasteiger partial charge in [0.25, 0.3) is 0 Å². The van der Waals surface area contributed by atoms with Crippen LogP contribution >= 0.6 is 0 Å². The summed E-state index contributed by atoms with van der Waals surface area (Å²) in [5, 5.41) is 1.52. The molecule has 0 unspecified atom stereocenters. The highest BCUT2D eigenvalue weighted by Crippen LogP contribution is 2.34. The lowest BCUT2D eigenvalue weighted by Gasteiger charge is -2.21. The number of carbonyl (C=O) groups excluding carboxylic acids is 2. The summed E-state index contributed by atoms with van der Waals surface area (Å²) in [5.41, 5.74) is 0.948. The number of nitrogens with zero attached hydrogens (tertiary/aromatic N) is 1. The van der Waals surface area contributed by atoms with E-state index in [2.05, 4.69) is 4.74 Å². The summed E-state index contributed by atoms with van der Waals surface area (Å²) >= 11 is 0. The van der Waals surface area contributed by atoms with Gasteiger partial charge in [-0.15, -0.1) is 0 Å². The van der Waals surface area contributed by atoms with Crippen LogP contribution in [0.25, 0.3) is 0 Å². The molecule has 2 rings (SSSR count). The van der Waals surface area contributed by atoms with Crippen molar-refractivity contribution >= 4 is 11.9 Å². The summed E-state index contributed by atoms with van der Waals surface area (Å²) in [7, 11) is 4.25. The molecule has 104 valence electrons. The fraction of sp³-hybridized carbons (Fsp3) is 0.538. The van der Waals surface area contributed by atoms with E-state index in [-0.39, 0.29) is 6.04 Å². The third kappa shape index (κ3) is 2.41. The number of carbonyl (C=O) groups is 2. The third-order valence-electron chi connectivity index (χ3n) is 3.39. The molecule has 19 heavy (non-hydrogen) atoms. The number of esters is 2. The maximum Gasteiger partial charge on any atom is 0.338 e. The lowest BCUT2D eigenvalue weighted by atomic mass is 9.89. The molecule has 0 bridgehead atoms. The number of hydroxylamine groups is 2. The molecule has 6 nitrogen and oxygen atoms in total. The van der Waals surface area contributed by atoms with Gasteiger partial charge >= 0.3 is 11.9 Å². The Morgan fingerprint density at radius 3 is 2.53 bits per heavy atom. The summed E-state index contributed by atoms with van der Waals surface area (Å²) < 4.78 is 9.48. The lowest BCUT2D eigenvalue weighted by molar-refractivity contribution is -0.180. The van der Waals surface area contributed by atoms with E-state index in [9.17, 15) is 9.59 Å². The van der Waals surface area contributed by atoms with Crippen molar-refractivity contribution in [1.82, 2.24) is 5.06 Å². The number of likely N-dealkylation sites (N-methyl/N-ethyl adjacent to an activating group) is 1. The topological polar surface area (TPSA) is 65.1 Å². The number of hydrogen-bond acceptors (Lipinski definition) is 6. The van der Waals surface area contributed by atoms with Crippen LogP contribution in [-0.2, 0) is 23.9 Å². The van der Waals surface area contributed by atoms with Crippen LogP contribution in [0.4, 0.5) is 0 Å². The van der Waals surface area contributed by atoms with E-state index in [4.69, 9.17) is 9.57 Å². The summed E-state index contributed by atoms with van der Waals surface area (Å²) in [4.78, 5) is 29.2. The molecule has 1 aliphatic heterocycles. The van der Waals surface area contributed by atoms with Crippen molar-refractivity contribution < 1.29 is 23.9 Å². The second-order valence-corrected chi connectivity index (χ2v) is 4.43. The van der Waals surface area contributed by atoms with Gasteiger partial charge in [0.15, 0.2) is 6.10 Å². The van der Waals surface area contributed by atoms with Crippen molar-refractivity contribution in [3.05, 3.63) is 23.8 Å². The van der Waals surface area contributed by atoms with Crippen LogP contribution in [0, 0.1) is 5.92 Å². The van der Waals surface area contributed by atoms with Crippen LogP contribution < -0.4 is 0 Å². The molecule has 1 fully saturated rings. The van der Waals surface area contributed by atoms with Crippen molar-refractivity contribution in [2.75, 3.05) is 21.3 Å². The normalized spacial score (nSPS) is 30.3. The molecule has 0 radical (unpaired) electrons. The summed E-state index contributed by atoms with van der Waals surface area (Å²) in [6.07, 6.45) is 5.77. The zero-order chi connectivity index (χ0) is 14.0. The van der Waals surface area contributed by atoms with E-state index in [0.29, 0.717) is 0 Å². The smallest absolute Gasteiger partial charge is 0.338 e. The van der Waals surface area contributed by atoms with Gasteiger partial charge in [-0.3, -0.25) is 9.63 Å². The molecule has 0 saturated carbocycles. The van der Waals surface area contributed by atoms with E-state index in [0.717, 1.165) is 12.0 Å². The fourth-order valence-electron chi connectivity index (χ4n) is 2.51. The maximum absolute atomic E-state index is 12.0. The SMILES string of the molecule is COC(=O)[C@@H]1[C@@H](C2=CCC=C2)N(C)O[C@H]1C(=O)OC. The first-order valence-corrected chi connectivity index (χ1v) is 6.02. The molecule has 0 spiro atoms. The van der Waals surface area contributed by atoms with Gasteiger partial charge in [-0.05, 0) is 12.0 Å². The minimum absolute atomic E-state index is 0.338. The molecule has 0 N–H and O–H groups in total. The maximum atomic E-state index is 12.0. The van der Waals surface area contributed by atoms with Gasteiger partial charge < -0.3 is 9.47 Å². The number of ether oxygens (including phenoxy) is 2. The molecule has 0 aromatic carbocycles. The Kier molecular flexibility index (Phi) is 4.01. The Balaban J connectivity index is 2.32. The van der Waals surface area contributed by atoms with Crippen LogP contribution in [0.15, 0.2) is 23.8 Å². The van der Waals surface area contributed by atoms with Gasteiger partial charge in [-0.1, -0.05) is 18.2 Å². The van der Waals surface area contributed by atoms with Crippen LogP contribution in [0.2, 0.25) is 0 Å². The van der Waals surface area contributed by atoms with Crippen molar-refractivity contribution in [1.29, 1.82) is 0 Å². The number of allylic oxidation sites excluding steroid dienone is 2. The standard InChI is InChI=1S/C13H17NO5/c1-14-10(8-6-4-5-7-8)9(12(15)17-2)11(19-14)13(16)18-3/h4,6-7,9-11H,5H2,1-3H3/t9-,10-,11-/m1/s1. The predicted octanol–water partition coefficient (Wildman–Crippen LogP) is 0.449. The highest BCUT2D eigenvalue weighted by atomic mass is 16.7. The lowest BCUT2D eigenvalue weighted by Crippen LogP contribution is -2.39. The first-order chi connectivity index (χ1) is 9.10. The number of methoxy groups -OCH3 is 2. The third-order valence-corrected chi connectivity index (χ3v) is 3.39. The molecule has 2 aliphatic rings. The van der Waals surface area contributed by atoms with E-state index in [1.807, 2.05) is 18.2 Å². The highest BCUT2D eigenvalue weighted by Gasteiger charge is 2.52. The second kappa shape index (κ2) is 5.54. The summed E-state index contributed by atoms with van der Waals surface area (Å²) in [6.45, 7) is 0. The van der Waals surface area contributed by atoms with Crippen molar-refractivity contribution in [3.63, 3.8) is 0 Å². The Hall–Kier alpha value is -1.66. The number of hydrogen-bond donors (Lipinski definition) is 0. The van der Waals surface area contributed by atoms with Crippen molar-refractivity contribution in [3.8, 4) is 0 Å². The van der Waals surface area contributed by atoms with Gasteiger partial charge in [-0.25, -0.2) is 4.79 Å². The van der Waals surface area contributed by atoms with Gasteiger partial charge in [0, 0.05) is 7.05 Å². The average molecular weight is 267 g/mol. The van der Waals surface area contributed by atoms with Gasteiger partial charge in [0.1, 0.15) is 5.92 Å². The highest BCUT2D eigenvalue weighted by molar-refractivity contribution is 5.85. The first kappa shape index (κ1) is 13.8. The fourth-order valence-corrected chi connectivity index (χ4v) is 2.51. The largest absolute Gasteiger partial charge is 0.469 e. The molecule has 6 heteroatoms. The molecule has 1 saturated heterocycles. The Morgan fingerprint density at radius 1 is 1.32 bits per heavy atom. The Bertz CT molecular complexity index is 442. The molecule has 1 aliphatic carbocycles. The van der Waals surface area contributed by atoms with Crippen LogP contribution in [0.1, 0.15) is 6.42 Å². The molecule has 0 amide bonds.